The molecule has 0 saturated heterocycles. The molecule has 2 aromatic rings. The van der Waals surface area contributed by atoms with Gasteiger partial charge in [0, 0.05) is 6.07 Å². The van der Waals surface area contributed by atoms with E-state index in [0.717, 1.165) is 37.9 Å². The molecular weight excluding hydrogens is 455 g/mol. The highest BCUT2D eigenvalue weighted by Gasteiger charge is 2.12. The van der Waals surface area contributed by atoms with E-state index in [9.17, 15) is 9.18 Å². The van der Waals surface area contributed by atoms with Gasteiger partial charge in [-0.05, 0) is 49.2 Å². The minimum atomic E-state index is -0.538. The van der Waals surface area contributed by atoms with Gasteiger partial charge < -0.3 is 14.2 Å². The Labute approximate surface area is 217 Å². The highest BCUT2D eigenvalue weighted by atomic mass is 19.1. The smallest absolute Gasteiger partial charge is 0.343 e. The zero-order valence-electron chi connectivity index (χ0n) is 22.4. The van der Waals surface area contributed by atoms with Gasteiger partial charge in [-0.2, -0.15) is 0 Å². The first kappa shape index (κ1) is 29.7. The Morgan fingerprint density at radius 2 is 1.14 bits per heavy atom. The van der Waals surface area contributed by atoms with Crippen LogP contribution < -0.4 is 14.2 Å². The second-order valence-electron chi connectivity index (χ2n) is 9.45. The van der Waals surface area contributed by atoms with Crippen LogP contribution in [-0.4, -0.2) is 19.2 Å². The van der Waals surface area contributed by atoms with Crippen molar-refractivity contribution in [1.29, 1.82) is 0 Å². The highest BCUT2D eigenvalue weighted by molar-refractivity contribution is 5.91. The number of rotatable bonds is 20. The molecule has 0 aliphatic rings. The van der Waals surface area contributed by atoms with Crippen molar-refractivity contribution in [2.24, 2.45) is 0 Å². The summed E-state index contributed by atoms with van der Waals surface area (Å²) < 4.78 is 30.9. The minimum Gasteiger partial charge on any atom is -0.494 e. The number of hydrogen-bond donors (Lipinski definition) is 0. The molecule has 0 heterocycles. The van der Waals surface area contributed by atoms with E-state index in [-0.39, 0.29) is 11.5 Å². The average molecular weight is 501 g/mol. The third-order valence-corrected chi connectivity index (χ3v) is 6.23. The fourth-order valence-electron chi connectivity index (χ4n) is 4.01. The molecule has 2 rings (SSSR count). The van der Waals surface area contributed by atoms with Crippen molar-refractivity contribution in [2.75, 3.05) is 13.2 Å². The molecule has 2 aromatic carbocycles. The minimum absolute atomic E-state index is 0.150. The molecule has 0 spiro atoms. The maximum Gasteiger partial charge on any atom is 0.343 e. The van der Waals surface area contributed by atoms with Crippen LogP contribution in [0.3, 0.4) is 0 Å². The molecule has 0 fully saturated rings. The summed E-state index contributed by atoms with van der Waals surface area (Å²) in [6, 6.07) is 11.1. The van der Waals surface area contributed by atoms with Crippen LogP contribution in [0, 0.1) is 5.82 Å². The van der Waals surface area contributed by atoms with E-state index >= 15 is 0 Å². The Kier molecular flexibility index (Phi) is 15.4. The van der Waals surface area contributed by atoms with Crippen LogP contribution in [0.25, 0.3) is 0 Å². The predicted molar refractivity (Wildman–Crippen MR) is 145 cm³/mol. The molecule has 0 aromatic heterocycles. The molecule has 0 atom stereocenters. The maximum absolute atomic E-state index is 14.3. The first-order valence-electron chi connectivity index (χ1n) is 14.0. The van der Waals surface area contributed by atoms with Crippen molar-refractivity contribution in [1.82, 2.24) is 0 Å². The lowest BCUT2D eigenvalue weighted by molar-refractivity contribution is 0.0734. The van der Waals surface area contributed by atoms with E-state index in [1.165, 1.54) is 69.9 Å². The molecule has 0 unspecified atom stereocenters. The third kappa shape index (κ3) is 12.4. The van der Waals surface area contributed by atoms with Crippen LogP contribution in [0.4, 0.5) is 4.39 Å². The first-order chi connectivity index (χ1) is 17.6. The van der Waals surface area contributed by atoms with E-state index in [1.54, 1.807) is 30.3 Å². The molecule has 0 saturated carbocycles. The number of ether oxygens (including phenoxy) is 3. The van der Waals surface area contributed by atoms with E-state index < -0.39 is 11.8 Å². The number of hydrogen-bond acceptors (Lipinski definition) is 4. The molecule has 0 radical (unpaired) electrons. The molecule has 0 aliphatic heterocycles. The van der Waals surface area contributed by atoms with Gasteiger partial charge in [0.05, 0.1) is 18.8 Å². The SMILES string of the molecule is CCCCCCCCCCCCOc1ccc(C(=O)Oc2ccc(OCCCCCC)c(F)c2)cc1. The van der Waals surface area contributed by atoms with Crippen LogP contribution in [0.1, 0.15) is 114 Å². The van der Waals surface area contributed by atoms with Crippen LogP contribution >= 0.6 is 0 Å². The van der Waals surface area contributed by atoms with Crippen molar-refractivity contribution in [3.05, 3.63) is 53.8 Å². The number of halogens is 1. The summed E-state index contributed by atoms with van der Waals surface area (Å²) in [5.74, 6) is -0.0170. The van der Waals surface area contributed by atoms with E-state index in [1.807, 2.05) is 0 Å². The van der Waals surface area contributed by atoms with Crippen LogP contribution in [0.2, 0.25) is 0 Å². The Balaban J connectivity index is 1.63. The van der Waals surface area contributed by atoms with Crippen LogP contribution in [-0.2, 0) is 0 Å². The lowest BCUT2D eigenvalue weighted by Gasteiger charge is -2.10. The quantitative estimate of drug-likeness (QED) is 0.103. The van der Waals surface area contributed by atoms with Crippen LogP contribution in [0.5, 0.6) is 17.2 Å². The topological polar surface area (TPSA) is 44.8 Å². The average Bonchev–Trinajstić information content (AvgIpc) is 2.88. The summed E-state index contributed by atoms with van der Waals surface area (Å²) in [5.41, 5.74) is 0.387. The Bertz CT molecular complexity index is 850. The van der Waals surface area contributed by atoms with Gasteiger partial charge in [-0.15, -0.1) is 0 Å². The van der Waals surface area contributed by atoms with Crippen LogP contribution in [0.15, 0.2) is 42.5 Å². The fourth-order valence-corrected chi connectivity index (χ4v) is 4.01. The van der Waals surface area contributed by atoms with Crippen molar-refractivity contribution in [3.63, 3.8) is 0 Å². The summed E-state index contributed by atoms with van der Waals surface area (Å²) in [5, 5.41) is 0. The molecule has 4 nitrogen and oxygen atoms in total. The molecule has 0 N–H and O–H groups in total. The summed E-state index contributed by atoms with van der Waals surface area (Å²) in [7, 11) is 0. The number of unbranched alkanes of at least 4 members (excludes halogenated alkanes) is 12. The zero-order chi connectivity index (χ0) is 25.8. The van der Waals surface area contributed by atoms with Gasteiger partial charge in [0.2, 0.25) is 0 Å². The van der Waals surface area contributed by atoms with Gasteiger partial charge in [0.25, 0.3) is 0 Å². The second kappa shape index (κ2) is 18.7. The van der Waals surface area contributed by atoms with Gasteiger partial charge in [0.1, 0.15) is 11.5 Å². The van der Waals surface area contributed by atoms with E-state index in [0.29, 0.717) is 18.8 Å². The number of esters is 1. The molecule has 0 bridgehead atoms. The number of carbonyl (C=O) groups is 1. The number of benzene rings is 2. The van der Waals surface area contributed by atoms with E-state index in [2.05, 4.69) is 13.8 Å². The molecule has 0 aliphatic carbocycles. The van der Waals surface area contributed by atoms with Gasteiger partial charge in [0.15, 0.2) is 11.6 Å². The lowest BCUT2D eigenvalue weighted by atomic mass is 10.1. The fraction of sp³-hybridized carbons (Fsp3) is 0.581. The summed E-state index contributed by atoms with van der Waals surface area (Å²) in [6.45, 7) is 5.54. The Hall–Kier alpha value is -2.56. The van der Waals surface area contributed by atoms with Gasteiger partial charge in [-0.1, -0.05) is 90.9 Å². The first-order valence-corrected chi connectivity index (χ1v) is 14.0. The van der Waals surface area contributed by atoms with Gasteiger partial charge >= 0.3 is 5.97 Å². The lowest BCUT2D eigenvalue weighted by Crippen LogP contribution is -2.09. The van der Waals surface area contributed by atoms with Crippen molar-refractivity contribution < 1.29 is 23.4 Å². The van der Waals surface area contributed by atoms with Crippen molar-refractivity contribution in [2.45, 2.75) is 104 Å². The molecule has 0 amide bonds. The summed E-state index contributed by atoms with van der Waals surface area (Å²) in [6.07, 6.45) is 17.1. The largest absolute Gasteiger partial charge is 0.494 e. The second-order valence-corrected chi connectivity index (χ2v) is 9.45. The number of carbonyl (C=O) groups excluding carboxylic acids is 1. The predicted octanol–water partition coefficient (Wildman–Crippen LogP) is 9.30. The van der Waals surface area contributed by atoms with Crippen molar-refractivity contribution >= 4 is 5.97 Å². The molecule has 5 heteroatoms. The Morgan fingerprint density at radius 3 is 1.72 bits per heavy atom. The molecular formula is C31H45FO4. The normalized spacial score (nSPS) is 10.9. The van der Waals surface area contributed by atoms with Gasteiger partial charge in [-0.25, -0.2) is 9.18 Å². The highest BCUT2D eigenvalue weighted by Crippen LogP contribution is 2.24. The van der Waals surface area contributed by atoms with E-state index in [4.69, 9.17) is 14.2 Å². The molecule has 36 heavy (non-hydrogen) atoms. The van der Waals surface area contributed by atoms with Gasteiger partial charge in [-0.3, -0.25) is 0 Å². The zero-order valence-corrected chi connectivity index (χ0v) is 22.4. The Morgan fingerprint density at radius 1 is 0.639 bits per heavy atom. The molecule has 200 valence electrons. The maximum atomic E-state index is 14.3. The summed E-state index contributed by atoms with van der Waals surface area (Å²) in [4.78, 5) is 12.4. The summed E-state index contributed by atoms with van der Waals surface area (Å²) >= 11 is 0. The monoisotopic (exact) mass is 500 g/mol. The van der Waals surface area contributed by atoms with Crippen molar-refractivity contribution in [3.8, 4) is 17.2 Å². The third-order valence-electron chi connectivity index (χ3n) is 6.23. The standard InChI is InChI=1S/C31H45FO4/c1-3-5-7-9-10-11-12-13-14-16-23-34-27-19-17-26(18-20-27)31(33)36-28-21-22-30(29(32)25-28)35-24-15-8-6-4-2/h17-22,25H,3-16,23-24H2,1-2H3.